The number of aromatic amines is 1. The zero-order chi connectivity index (χ0) is 23.6. The Morgan fingerprint density at radius 3 is 2.71 bits per heavy atom. The summed E-state index contributed by atoms with van der Waals surface area (Å²) >= 11 is 6.41. The largest absolute Gasteiger partial charge is 0.361 e. The van der Waals surface area contributed by atoms with Crippen molar-refractivity contribution in [2.75, 3.05) is 11.9 Å². The van der Waals surface area contributed by atoms with Gasteiger partial charge in [0.25, 0.3) is 0 Å². The number of rotatable bonds is 5. The van der Waals surface area contributed by atoms with E-state index in [1.807, 2.05) is 43.5 Å². The van der Waals surface area contributed by atoms with Crippen LogP contribution in [0.2, 0.25) is 5.02 Å². The van der Waals surface area contributed by atoms with Gasteiger partial charge in [-0.3, -0.25) is 24.6 Å². The molecule has 2 fully saturated rings. The molecule has 2 aromatic carbocycles. The average molecular weight is 477 g/mol. The first-order valence-corrected chi connectivity index (χ1v) is 12.1. The lowest BCUT2D eigenvalue weighted by Crippen LogP contribution is -2.53. The fourth-order valence-electron chi connectivity index (χ4n) is 6.10. The van der Waals surface area contributed by atoms with Gasteiger partial charge in [-0.25, -0.2) is 0 Å². The van der Waals surface area contributed by atoms with E-state index in [1.165, 1.54) is 4.90 Å². The van der Waals surface area contributed by atoms with Gasteiger partial charge in [0.2, 0.25) is 17.7 Å². The molecule has 174 valence electrons. The first-order chi connectivity index (χ1) is 16.5. The molecule has 3 N–H and O–H groups in total. The van der Waals surface area contributed by atoms with Gasteiger partial charge in [0.15, 0.2) is 0 Å². The van der Waals surface area contributed by atoms with Crippen LogP contribution in [-0.2, 0) is 26.3 Å². The number of hydrogen-bond acceptors (Lipinski definition) is 4. The first-order valence-electron chi connectivity index (χ1n) is 11.8. The highest BCUT2D eigenvalue weighted by atomic mass is 35.5. The van der Waals surface area contributed by atoms with Crippen molar-refractivity contribution in [3.8, 4) is 0 Å². The number of unbranched alkanes of at least 4 members (excludes halogenated alkanes) is 1. The van der Waals surface area contributed by atoms with E-state index in [0.717, 1.165) is 29.3 Å². The van der Waals surface area contributed by atoms with Crippen molar-refractivity contribution < 1.29 is 14.4 Å². The summed E-state index contributed by atoms with van der Waals surface area (Å²) in [6.45, 7) is 2.40. The predicted molar refractivity (Wildman–Crippen MR) is 129 cm³/mol. The zero-order valence-electron chi connectivity index (χ0n) is 18.7. The van der Waals surface area contributed by atoms with Crippen molar-refractivity contribution in [1.82, 2.24) is 15.2 Å². The van der Waals surface area contributed by atoms with Gasteiger partial charge in [-0.2, -0.15) is 0 Å². The molecule has 6 rings (SSSR count). The standard InChI is InChI=1S/C26H25ClN4O3/c1-2-3-11-31-23(32)20-19(12-14-13-28-18-10-5-4-7-15(14)18)30-26(21(20)24(31)33)16-8-6-9-17(27)22(16)29-25(26)34/h4-10,13,19-21,28,30H,2-3,11-12H2,1H3,(H,29,34)/t19-,20+,21-,26+/m0/s1. The number of likely N-dealkylation sites (tertiary alicyclic amines) is 1. The fourth-order valence-corrected chi connectivity index (χ4v) is 6.32. The Labute approximate surface area is 201 Å². The Morgan fingerprint density at radius 1 is 1.06 bits per heavy atom. The van der Waals surface area contributed by atoms with E-state index in [-0.39, 0.29) is 23.8 Å². The molecule has 1 aromatic heterocycles. The molecule has 0 aliphatic carbocycles. The Kier molecular flexibility index (Phi) is 4.83. The SMILES string of the molecule is CCCCN1C(=O)[C@@H]2[C@H](Cc3c[nH]c4ccccc34)N[C@@]3(C(=O)Nc4c(Cl)cccc43)[C@@H]2C1=O. The number of benzene rings is 2. The lowest BCUT2D eigenvalue weighted by Gasteiger charge is -2.29. The Bertz CT molecular complexity index is 1350. The molecule has 0 unspecified atom stereocenters. The van der Waals surface area contributed by atoms with E-state index in [2.05, 4.69) is 15.6 Å². The van der Waals surface area contributed by atoms with Crippen LogP contribution in [0.1, 0.15) is 30.9 Å². The van der Waals surface area contributed by atoms with E-state index in [4.69, 9.17) is 11.6 Å². The third kappa shape index (κ3) is 2.77. The zero-order valence-corrected chi connectivity index (χ0v) is 19.5. The van der Waals surface area contributed by atoms with E-state index in [9.17, 15) is 14.4 Å². The minimum absolute atomic E-state index is 0.194. The maximum Gasteiger partial charge on any atom is 0.250 e. The van der Waals surface area contributed by atoms with Gasteiger partial charge in [0.1, 0.15) is 5.54 Å². The van der Waals surface area contributed by atoms with Crippen LogP contribution in [0.5, 0.6) is 0 Å². The molecular formula is C26H25ClN4O3. The summed E-state index contributed by atoms with van der Waals surface area (Å²) in [5.74, 6) is -2.24. The number of hydrogen-bond donors (Lipinski definition) is 3. The van der Waals surface area contributed by atoms with E-state index < -0.39 is 17.4 Å². The highest BCUT2D eigenvalue weighted by Gasteiger charge is 2.70. The first kappa shape index (κ1) is 21.4. The van der Waals surface area contributed by atoms with Crippen molar-refractivity contribution in [3.63, 3.8) is 0 Å². The van der Waals surface area contributed by atoms with E-state index in [1.54, 1.807) is 12.1 Å². The van der Waals surface area contributed by atoms with Crippen molar-refractivity contribution in [3.05, 3.63) is 64.8 Å². The number of H-pyrrole nitrogens is 1. The quantitative estimate of drug-likeness (QED) is 0.490. The maximum atomic E-state index is 13.7. The van der Waals surface area contributed by atoms with Crippen molar-refractivity contribution in [2.24, 2.45) is 11.8 Å². The van der Waals surface area contributed by atoms with Crippen molar-refractivity contribution in [2.45, 2.75) is 37.8 Å². The summed E-state index contributed by atoms with van der Waals surface area (Å²) < 4.78 is 0. The van der Waals surface area contributed by atoms with Gasteiger partial charge in [-0.05, 0) is 30.5 Å². The highest BCUT2D eigenvalue weighted by Crippen LogP contribution is 2.54. The molecular weight excluding hydrogens is 452 g/mol. The van der Waals surface area contributed by atoms with Crippen LogP contribution in [0, 0.1) is 11.8 Å². The number of amides is 3. The number of fused-ring (bicyclic) bond motifs is 5. The van der Waals surface area contributed by atoms with Gasteiger partial charge in [0.05, 0.1) is 22.5 Å². The summed E-state index contributed by atoms with van der Waals surface area (Å²) in [6, 6.07) is 12.9. The van der Waals surface area contributed by atoms with Crippen LogP contribution in [-0.4, -0.2) is 40.2 Å². The van der Waals surface area contributed by atoms with Crippen LogP contribution in [0.25, 0.3) is 10.9 Å². The molecule has 0 radical (unpaired) electrons. The Morgan fingerprint density at radius 2 is 1.88 bits per heavy atom. The smallest absolute Gasteiger partial charge is 0.250 e. The number of nitrogens with zero attached hydrogens (tertiary/aromatic N) is 1. The van der Waals surface area contributed by atoms with Crippen LogP contribution in [0.3, 0.4) is 0 Å². The minimum atomic E-state index is -1.32. The number of anilines is 1. The molecule has 3 aliphatic heterocycles. The second-order valence-electron chi connectivity index (χ2n) is 9.42. The number of para-hydroxylation sites is 2. The molecule has 3 aliphatic rings. The summed E-state index contributed by atoms with van der Waals surface area (Å²) in [5, 5.41) is 7.87. The monoisotopic (exact) mass is 476 g/mol. The van der Waals surface area contributed by atoms with E-state index in [0.29, 0.717) is 29.2 Å². The van der Waals surface area contributed by atoms with Gasteiger partial charge < -0.3 is 10.3 Å². The normalized spacial score (nSPS) is 27.6. The topological polar surface area (TPSA) is 94.3 Å². The molecule has 7 nitrogen and oxygen atoms in total. The van der Waals surface area contributed by atoms with Gasteiger partial charge in [-0.1, -0.05) is 55.3 Å². The molecule has 2 saturated heterocycles. The summed E-state index contributed by atoms with van der Waals surface area (Å²) in [6.07, 6.45) is 4.06. The molecule has 3 aromatic rings. The van der Waals surface area contributed by atoms with Gasteiger partial charge in [-0.15, -0.1) is 0 Å². The van der Waals surface area contributed by atoms with Crippen molar-refractivity contribution in [1.29, 1.82) is 0 Å². The minimum Gasteiger partial charge on any atom is -0.361 e. The average Bonchev–Trinajstić information content (AvgIpc) is 3.54. The summed E-state index contributed by atoms with van der Waals surface area (Å²) in [5.41, 5.74) is 1.88. The summed E-state index contributed by atoms with van der Waals surface area (Å²) in [7, 11) is 0. The molecule has 0 saturated carbocycles. The number of halogens is 1. The lowest BCUT2D eigenvalue weighted by molar-refractivity contribution is -0.142. The molecule has 4 atom stereocenters. The second-order valence-corrected chi connectivity index (χ2v) is 9.83. The third-order valence-corrected chi connectivity index (χ3v) is 7.96. The number of imide groups is 1. The molecule has 3 amide bonds. The van der Waals surface area contributed by atoms with Gasteiger partial charge in [0, 0.05) is 35.2 Å². The molecule has 34 heavy (non-hydrogen) atoms. The van der Waals surface area contributed by atoms with Crippen LogP contribution >= 0.6 is 11.6 Å². The van der Waals surface area contributed by atoms with E-state index >= 15 is 0 Å². The number of carbonyl (C=O) groups excluding carboxylic acids is 3. The highest BCUT2D eigenvalue weighted by molar-refractivity contribution is 6.35. The summed E-state index contributed by atoms with van der Waals surface area (Å²) in [4.78, 5) is 45.6. The van der Waals surface area contributed by atoms with Crippen LogP contribution in [0.15, 0.2) is 48.7 Å². The Hall–Kier alpha value is -3.16. The molecule has 4 heterocycles. The molecule has 8 heteroatoms. The molecule has 0 bridgehead atoms. The predicted octanol–water partition coefficient (Wildman–Crippen LogP) is 3.58. The fraction of sp³-hybridized carbons (Fsp3) is 0.346. The lowest BCUT2D eigenvalue weighted by atomic mass is 9.76. The number of carbonyl (C=O) groups is 3. The van der Waals surface area contributed by atoms with Gasteiger partial charge >= 0.3 is 0 Å². The van der Waals surface area contributed by atoms with Crippen LogP contribution < -0.4 is 10.6 Å². The molecule has 1 spiro atoms. The van der Waals surface area contributed by atoms with Crippen LogP contribution in [0.4, 0.5) is 5.69 Å². The second kappa shape index (κ2) is 7.68. The van der Waals surface area contributed by atoms with Crippen molar-refractivity contribution >= 4 is 45.9 Å². The maximum absolute atomic E-state index is 13.7. The number of aromatic nitrogens is 1. The number of nitrogens with one attached hydrogen (secondary N) is 3. The Balaban J connectivity index is 1.47. The third-order valence-electron chi connectivity index (χ3n) is 7.64.